The lowest BCUT2D eigenvalue weighted by Gasteiger charge is -2.24. The van der Waals surface area contributed by atoms with Gasteiger partial charge in [-0.05, 0) is 23.0 Å². The molecule has 1 saturated heterocycles. The maximum atomic E-state index is 5.72. The van der Waals surface area contributed by atoms with Crippen molar-refractivity contribution in [2.75, 3.05) is 19.7 Å². The van der Waals surface area contributed by atoms with E-state index < -0.39 is 0 Å². The standard InChI is InChI=1S/C15H23NO/c1-15(2,3)13-6-4-12(5-7-13)10-14-11-16-8-9-17-14/h4-7,14,16H,8-11H2,1-3H3. The van der Waals surface area contributed by atoms with E-state index in [1.54, 1.807) is 0 Å². The molecule has 1 fully saturated rings. The van der Waals surface area contributed by atoms with Gasteiger partial charge in [0, 0.05) is 13.1 Å². The summed E-state index contributed by atoms with van der Waals surface area (Å²) in [5.74, 6) is 0. The van der Waals surface area contributed by atoms with Gasteiger partial charge in [0.15, 0.2) is 0 Å². The van der Waals surface area contributed by atoms with Crippen molar-refractivity contribution in [2.24, 2.45) is 0 Å². The molecule has 1 atom stereocenters. The van der Waals surface area contributed by atoms with Crippen LogP contribution >= 0.6 is 0 Å². The van der Waals surface area contributed by atoms with Gasteiger partial charge in [0.1, 0.15) is 0 Å². The lowest BCUT2D eigenvalue weighted by molar-refractivity contribution is 0.0292. The number of benzene rings is 1. The first-order valence-corrected chi connectivity index (χ1v) is 6.47. The molecule has 1 aliphatic rings. The van der Waals surface area contributed by atoms with Crippen molar-refractivity contribution in [2.45, 2.75) is 38.7 Å². The van der Waals surface area contributed by atoms with Crippen molar-refractivity contribution in [1.82, 2.24) is 5.32 Å². The van der Waals surface area contributed by atoms with Gasteiger partial charge in [-0.3, -0.25) is 0 Å². The van der Waals surface area contributed by atoms with Gasteiger partial charge >= 0.3 is 0 Å². The zero-order chi connectivity index (χ0) is 12.3. The molecule has 2 heteroatoms. The van der Waals surface area contributed by atoms with E-state index in [9.17, 15) is 0 Å². The minimum atomic E-state index is 0.238. The molecule has 2 rings (SSSR count). The zero-order valence-corrected chi connectivity index (χ0v) is 11.1. The zero-order valence-electron chi connectivity index (χ0n) is 11.1. The molecule has 94 valence electrons. The van der Waals surface area contributed by atoms with E-state index in [1.165, 1.54) is 11.1 Å². The molecule has 1 aromatic rings. The first kappa shape index (κ1) is 12.6. The van der Waals surface area contributed by atoms with Gasteiger partial charge in [0.2, 0.25) is 0 Å². The molecule has 0 radical (unpaired) electrons. The average molecular weight is 233 g/mol. The molecule has 1 N–H and O–H groups in total. The van der Waals surface area contributed by atoms with Crippen molar-refractivity contribution in [3.8, 4) is 0 Å². The number of ether oxygens (including phenoxy) is 1. The van der Waals surface area contributed by atoms with Crippen molar-refractivity contribution in [3.05, 3.63) is 35.4 Å². The van der Waals surface area contributed by atoms with E-state index in [0.717, 1.165) is 26.1 Å². The van der Waals surface area contributed by atoms with Crippen LogP contribution in [0.15, 0.2) is 24.3 Å². The summed E-state index contributed by atoms with van der Waals surface area (Å²) in [5.41, 5.74) is 3.00. The summed E-state index contributed by atoms with van der Waals surface area (Å²) in [4.78, 5) is 0. The molecule has 17 heavy (non-hydrogen) atoms. The van der Waals surface area contributed by atoms with Gasteiger partial charge < -0.3 is 10.1 Å². The normalized spacial score (nSPS) is 21.5. The van der Waals surface area contributed by atoms with Gasteiger partial charge in [-0.2, -0.15) is 0 Å². The molecular formula is C15H23NO. The molecule has 1 aliphatic heterocycles. The first-order valence-electron chi connectivity index (χ1n) is 6.47. The molecular weight excluding hydrogens is 210 g/mol. The van der Waals surface area contributed by atoms with Crippen LogP contribution in [0.4, 0.5) is 0 Å². The summed E-state index contributed by atoms with van der Waals surface area (Å²) in [7, 11) is 0. The maximum Gasteiger partial charge on any atom is 0.0740 e. The maximum absolute atomic E-state index is 5.72. The highest BCUT2D eigenvalue weighted by atomic mass is 16.5. The van der Waals surface area contributed by atoms with Crippen LogP contribution in [0.25, 0.3) is 0 Å². The predicted molar refractivity (Wildman–Crippen MR) is 71.5 cm³/mol. The fourth-order valence-corrected chi connectivity index (χ4v) is 2.15. The summed E-state index contributed by atoms with van der Waals surface area (Å²) in [6, 6.07) is 8.95. The third-order valence-corrected chi connectivity index (χ3v) is 3.29. The van der Waals surface area contributed by atoms with Crippen molar-refractivity contribution in [3.63, 3.8) is 0 Å². The minimum absolute atomic E-state index is 0.238. The highest BCUT2D eigenvalue weighted by Crippen LogP contribution is 2.22. The number of rotatable bonds is 2. The topological polar surface area (TPSA) is 21.3 Å². The average Bonchev–Trinajstić information content (AvgIpc) is 2.30. The molecule has 1 aromatic carbocycles. The second kappa shape index (κ2) is 5.19. The summed E-state index contributed by atoms with van der Waals surface area (Å²) in [6.07, 6.45) is 1.35. The third-order valence-electron chi connectivity index (χ3n) is 3.29. The van der Waals surface area contributed by atoms with E-state index in [-0.39, 0.29) is 5.41 Å². The summed E-state index contributed by atoms with van der Waals surface area (Å²) < 4.78 is 5.72. The lowest BCUT2D eigenvalue weighted by atomic mass is 9.86. The fourth-order valence-electron chi connectivity index (χ4n) is 2.15. The van der Waals surface area contributed by atoms with Crippen LogP contribution in [0.1, 0.15) is 31.9 Å². The molecule has 0 aromatic heterocycles. The highest BCUT2D eigenvalue weighted by molar-refractivity contribution is 5.27. The summed E-state index contributed by atoms with van der Waals surface area (Å²) in [5, 5.41) is 3.37. The third kappa shape index (κ3) is 3.55. The largest absolute Gasteiger partial charge is 0.375 e. The van der Waals surface area contributed by atoms with E-state index in [1.807, 2.05) is 0 Å². The van der Waals surface area contributed by atoms with Gasteiger partial charge in [0.05, 0.1) is 12.7 Å². The van der Waals surface area contributed by atoms with Gasteiger partial charge in [-0.1, -0.05) is 45.0 Å². The van der Waals surface area contributed by atoms with E-state index in [4.69, 9.17) is 4.74 Å². The molecule has 1 unspecified atom stereocenters. The van der Waals surface area contributed by atoms with Crippen LogP contribution in [0.3, 0.4) is 0 Å². The van der Waals surface area contributed by atoms with Crippen LogP contribution in [-0.4, -0.2) is 25.8 Å². The molecule has 0 aliphatic carbocycles. The summed E-state index contributed by atoms with van der Waals surface area (Å²) in [6.45, 7) is 9.54. The Balaban J connectivity index is 1.98. The molecule has 0 amide bonds. The second-order valence-electron chi connectivity index (χ2n) is 5.85. The van der Waals surface area contributed by atoms with Crippen molar-refractivity contribution in [1.29, 1.82) is 0 Å². The Kier molecular flexibility index (Phi) is 3.85. The SMILES string of the molecule is CC(C)(C)c1ccc(CC2CNCCO2)cc1. The minimum Gasteiger partial charge on any atom is -0.375 e. The predicted octanol–water partition coefficient (Wildman–Crippen LogP) is 2.52. The van der Waals surface area contributed by atoms with Crippen molar-refractivity contribution < 1.29 is 4.74 Å². The monoisotopic (exact) mass is 233 g/mol. The Bertz CT molecular complexity index is 344. The van der Waals surface area contributed by atoms with Crippen LogP contribution in [0.5, 0.6) is 0 Å². The quantitative estimate of drug-likeness (QED) is 0.847. The smallest absolute Gasteiger partial charge is 0.0740 e. The van der Waals surface area contributed by atoms with Crippen LogP contribution in [-0.2, 0) is 16.6 Å². The number of nitrogens with one attached hydrogen (secondary N) is 1. The van der Waals surface area contributed by atoms with Crippen LogP contribution < -0.4 is 5.32 Å². The van der Waals surface area contributed by atoms with Gasteiger partial charge in [0.25, 0.3) is 0 Å². The lowest BCUT2D eigenvalue weighted by Crippen LogP contribution is -2.39. The Labute approximate surface area is 104 Å². The van der Waals surface area contributed by atoms with E-state index in [2.05, 4.69) is 50.4 Å². The number of hydrogen-bond acceptors (Lipinski definition) is 2. The van der Waals surface area contributed by atoms with Gasteiger partial charge in [-0.15, -0.1) is 0 Å². The Morgan fingerprint density at radius 2 is 1.94 bits per heavy atom. The molecule has 2 nitrogen and oxygen atoms in total. The van der Waals surface area contributed by atoms with Gasteiger partial charge in [-0.25, -0.2) is 0 Å². The number of morpholine rings is 1. The molecule has 0 bridgehead atoms. The van der Waals surface area contributed by atoms with Crippen LogP contribution in [0, 0.1) is 0 Å². The fraction of sp³-hybridized carbons (Fsp3) is 0.600. The molecule has 0 saturated carbocycles. The Morgan fingerprint density at radius 1 is 1.24 bits per heavy atom. The van der Waals surface area contributed by atoms with E-state index in [0.29, 0.717) is 6.10 Å². The molecule has 0 spiro atoms. The molecule has 1 heterocycles. The highest BCUT2D eigenvalue weighted by Gasteiger charge is 2.15. The Morgan fingerprint density at radius 3 is 2.47 bits per heavy atom. The summed E-state index contributed by atoms with van der Waals surface area (Å²) >= 11 is 0. The van der Waals surface area contributed by atoms with E-state index >= 15 is 0 Å². The van der Waals surface area contributed by atoms with Crippen molar-refractivity contribution >= 4 is 0 Å². The Hall–Kier alpha value is -0.860. The first-order chi connectivity index (χ1) is 8.05. The second-order valence-corrected chi connectivity index (χ2v) is 5.85. The van der Waals surface area contributed by atoms with Crippen LogP contribution in [0.2, 0.25) is 0 Å². The number of hydrogen-bond donors (Lipinski definition) is 1.